The highest BCUT2D eigenvalue weighted by Crippen LogP contribution is 2.39. The zero-order valence-electron chi connectivity index (χ0n) is 23.0. The van der Waals surface area contributed by atoms with Crippen molar-refractivity contribution in [1.82, 2.24) is 14.4 Å². The second-order valence-corrected chi connectivity index (χ2v) is 11.1. The Kier molecular flexibility index (Phi) is 7.33. The van der Waals surface area contributed by atoms with Gasteiger partial charge >= 0.3 is 0 Å². The molecule has 2 atom stereocenters. The second-order valence-electron chi connectivity index (χ2n) is 11.1. The number of piperazine rings is 1. The quantitative estimate of drug-likeness (QED) is 0.513. The van der Waals surface area contributed by atoms with E-state index in [1.54, 1.807) is 29.2 Å². The minimum Gasteiger partial charge on any atom is -0.369 e. The molecule has 2 bridgehead atoms. The predicted octanol–water partition coefficient (Wildman–Crippen LogP) is 3.78. The number of anilines is 2. The molecule has 10 heteroatoms. The van der Waals surface area contributed by atoms with Gasteiger partial charge in [-0.2, -0.15) is 0 Å². The van der Waals surface area contributed by atoms with Crippen LogP contribution in [0.3, 0.4) is 0 Å². The van der Waals surface area contributed by atoms with Gasteiger partial charge in [-0.05, 0) is 55.3 Å². The lowest BCUT2D eigenvalue weighted by Crippen LogP contribution is -2.48. The smallest absolute Gasteiger partial charge is 0.261 e. The zero-order chi connectivity index (χ0) is 28.7. The first-order valence-electron chi connectivity index (χ1n) is 14.2. The number of piperidine rings is 1. The summed E-state index contributed by atoms with van der Waals surface area (Å²) in [6.07, 6.45) is 0.947. The maximum atomic E-state index is 14.5. The molecule has 3 aromatic rings. The van der Waals surface area contributed by atoms with Gasteiger partial charge in [-0.3, -0.25) is 14.4 Å². The average Bonchev–Trinajstić information content (AvgIpc) is 2.97. The van der Waals surface area contributed by atoms with E-state index in [0.29, 0.717) is 49.7 Å². The van der Waals surface area contributed by atoms with Crippen molar-refractivity contribution in [1.29, 1.82) is 0 Å². The third-order valence-corrected chi connectivity index (χ3v) is 8.61. The Morgan fingerprint density at radius 3 is 2.39 bits per heavy atom. The number of fused-ring (bicyclic) bond motifs is 4. The van der Waals surface area contributed by atoms with Gasteiger partial charge in [-0.15, -0.1) is 0 Å². The van der Waals surface area contributed by atoms with Gasteiger partial charge in [0.15, 0.2) is 0 Å². The number of nitrogens with one attached hydrogen (secondary N) is 1. The summed E-state index contributed by atoms with van der Waals surface area (Å²) < 4.78 is 30.8. The Morgan fingerprint density at radius 1 is 0.927 bits per heavy atom. The number of benzene rings is 2. The molecule has 214 valence electrons. The highest BCUT2D eigenvalue weighted by atomic mass is 19.1. The van der Waals surface area contributed by atoms with Gasteiger partial charge in [-0.25, -0.2) is 8.78 Å². The molecule has 8 nitrogen and oxygen atoms in total. The van der Waals surface area contributed by atoms with E-state index in [1.807, 2.05) is 16.7 Å². The normalized spacial score (nSPS) is 20.5. The number of hydrogen-bond donors (Lipinski definition) is 1. The van der Waals surface area contributed by atoms with Crippen LogP contribution in [0.1, 0.15) is 45.7 Å². The van der Waals surface area contributed by atoms with Gasteiger partial charge in [0.25, 0.3) is 17.4 Å². The molecule has 6 rings (SSSR count). The number of hydrogen-bond acceptors (Lipinski definition) is 5. The van der Waals surface area contributed by atoms with Gasteiger partial charge in [0.1, 0.15) is 17.2 Å². The van der Waals surface area contributed by atoms with E-state index in [1.165, 1.54) is 6.07 Å². The Bertz CT molecular complexity index is 1530. The minimum atomic E-state index is -0.959. The Balaban J connectivity index is 1.33. The number of halogens is 2. The highest BCUT2D eigenvalue weighted by Gasteiger charge is 2.36. The molecular formula is C31H33F2N5O3. The number of carbonyl (C=O) groups excluding carboxylic acids is 2. The number of carbonyl (C=O) groups is 2. The molecule has 4 heterocycles. The van der Waals surface area contributed by atoms with Gasteiger partial charge in [0.05, 0.1) is 11.4 Å². The SMILES string of the molecule is CCN1CCN(C(=O)c2ccc(N3CC4CC(C3)c3cccc(=O)n3C4)c(NC(=O)c3c(F)cccc3F)c2)CC1. The van der Waals surface area contributed by atoms with Gasteiger partial charge in [0, 0.05) is 69.1 Å². The van der Waals surface area contributed by atoms with Crippen molar-refractivity contribution in [3.8, 4) is 0 Å². The number of likely N-dealkylation sites (N-methyl/N-ethyl adjacent to an activating group) is 1. The van der Waals surface area contributed by atoms with E-state index in [9.17, 15) is 23.2 Å². The summed E-state index contributed by atoms with van der Waals surface area (Å²) in [5, 5.41) is 2.72. The first-order valence-corrected chi connectivity index (χ1v) is 14.2. The molecular weight excluding hydrogens is 528 g/mol. The Morgan fingerprint density at radius 2 is 1.66 bits per heavy atom. The molecule has 2 amide bonds. The summed E-state index contributed by atoms with van der Waals surface area (Å²) >= 11 is 0. The average molecular weight is 562 g/mol. The van der Waals surface area contributed by atoms with Crippen molar-refractivity contribution >= 4 is 23.2 Å². The van der Waals surface area contributed by atoms with Crippen LogP contribution in [0.5, 0.6) is 0 Å². The van der Waals surface area contributed by atoms with Crippen molar-refractivity contribution < 1.29 is 18.4 Å². The fourth-order valence-electron chi connectivity index (χ4n) is 6.49. The monoisotopic (exact) mass is 561 g/mol. The zero-order valence-corrected chi connectivity index (χ0v) is 23.0. The summed E-state index contributed by atoms with van der Waals surface area (Å²) in [7, 11) is 0. The molecule has 0 aliphatic carbocycles. The molecule has 1 aromatic heterocycles. The number of rotatable bonds is 5. The number of amides is 2. The molecule has 0 radical (unpaired) electrons. The summed E-state index contributed by atoms with van der Waals surface area (Å²) in [6, 6.07) is 13.8. The van der Waals surface area contributed by atoms with Crippen LogP contribution in [0.25, 0.3) is 0 Å². The first-order chi connectivity index (χ1) is 19.8. The van der Waals surface area contributed by atoms with Crippen LogP contribution in [0, 0.1) is 17.6 Å². The van der Waals surface area contributed by atoms with Crippen molar-refractivity contribution in [3.63, 3.8) is 0 Å². The van der Waals surface area contributed by atoms with E-state index in [0.717, 1.165) is 43.9 Å². The minimum absolute atomic E-state index is 0.00634. The topological polar surface area (TPSA) is 77.9 Å². The molecule has 2 aromatic carbocycles. The van der Waals surface area contributed by atoms with Gasteiger partial charge in [0.2, 0.25) is 0 Å². The number of aromatic nitrogens is 1. The largest absolute Gasteiger partial charge is 0.369 e. The van der Waals surface area contributed by atoms with Crippen LogP contribution >= 0.6 is 0 Å². The van der Waals surface area contributed by atoms with Gasteiger partial charge < -0.3 is 24.6 Å². The predicted molar refractivity (Wildman–Crippen MR) is 153 cm³/mol. The molecule has 1 N–H and O–H groups in total. The van der Waals surface area contributed by atoms with Crippen LogP contribution < -0.4 is 15.8 Å². The van der Waals surface area contributed by atoms with Crippen molar-refractivity contribution in [2.75, 3.05) is 56.0 Å². The van der Waals surface area contributed by atoms with Crippen LogP contribution in [-0.2, 0) is 6.54 Å². The van der Waals surface area contributed by atoms with Crippen LogP contribution in [0.15, 0.2) is 59.4 Å². The van der Waals surface area contributed by atoms with E-state index >= 15 is 0 Å². The molecule has 3 aliphatic heterocycles. The lowest BCUT2D eigenvalue weighted by atomic mass is 9.83. The van der Waals surface area contributed by atoms with Crippen molar-refractivity contribution in [2.45, 2.75) is 25.8 Å². The molecule has 41 heavy (non-hydrogen) atoms. The molecule has 3 aliphatic rings. The Hall–Kier alpha value is -4.05. The van der Waals surface area contributed by atoms with E-state index < -0.39 is 23.1 Å². The molecule has 2 fully saturated rings. The fraction of sp³-hybridized carbons (Fsp3) is 0.387. The van der Waals surface area contributed by atoms with Crippen LogP contribution in [0.4, 0.5) is 20.2 Å². The number of nitrogens with zero attached hydrogens (tertiary/aromatic N) is 4. The van der Waals surface area contributed by atoms with Gasteiger partial charge in [-0.1, -0.05) is 19.1 Å². The molecule has 0 saturated carbocycles. The lowest BCUT2D eigenvalue weighted by molar-refractivity contribution is 0.0643. The van der Waals surface area contributed by atoms with E-state index in [-0.39, 0.29) is 23.3 Å². The van der Waals surface area contributed by atoms with Crippen molar-refractivity contribution in [3.05, 3.63) is 93.4 Å². The fourth-order valence-corrected chi connectivity index (χ4v) is 6.49. The summed E-state index contributed by atoms with van der Waals surface area (Å²) in [5.74, 6) is -2.66. The second kappa shape index (κ2) is 11.1. The summed E-state index contributed by atoms with van der Waals surface area (Å²) in [5.41, 5.74) is 1.69. The van der Waals surface area contributed by atoms with E-state index in [4.69, 9.17) is 0 Å². The maximum absolute atomic E-state index is 14.5. The summed E-state index contributed by atoms with van der Waals surface area (Å²) in [6.45, 7) is 7.64. The van der Waals surface area contributed by atoms with Crippen LogP contribution in [0.2, 0.25) is 0 Å². The third-order valence-electron chi connectivity index (χ3n) is 8.61. The van der Waals surface area contributed by atoms with Crippen molar-refractivity contribution in [2.24, 2.45) is 5.92 Å². The molecule has 2 unspecified atom stereocenters. The third kappa shape index (κ3) is 5.24. The summed E-state index contributed by atoms with van der Waals surface area (Å²) in [4.78, 5) is 45.3. The standard InChI is InChI=1S/C31H33F2N5O3/c1-2-35-11-13-36(14-12-35)31(41)21-9-10-27(25(16-21)34-30(40)29-23(32)5-3-6-24(29)33)37-17-20-15-22(19-37)26-7-4-8-28(39)38(26)18-20/h3-10,16,20,22H,2,11-15,17-19H2,1H3,(H,34,40). The molecule has 0 spiro atoms. The maximum Gasteiger partial charge on any atom is 0.261 e. The highest BCUT2D eigenvalue weighted by molar-refractivity contribution is 6.07. The van der Waals surface area contributed by atoms with E-state index in [2.05, 4.69) is 22.0 Å². The van der Waals surface area contributed by atoms with Crippen LogP contribution in [-0.4, -0.2) is 72.0 Å². The molecule has 2 saturated heterocycles. The Labute approximate surface area is 237 Å². The lowest BCUT2D eigenvalue weighted by Gasteiger charge is -2.44. The first kappa shape index (κ1) is 27.1. The number of pyridine rings is 1.